The van der Waals surface area contributed by atoms with E-state index in [0.29, 0.717) is 11.1 Å². The van der Waals surface area contributed by atoms with Crippen LogP contribution in [0.5, 0.6) is 0 Å². The molecule has 2 aromatic heterocycles. The molecule has 8 heteroatoms. The summed E-state index contributed by atoms with van der Waals surface area (Å²) in [6, 6.07) is 13.6. The number of rotatable bonds is 4. The predicted octanol–water partition coefficient (Wildman–Crippen LogP) is 2.74. The van der Waals surface area contributed by atoms with Crippen LogP contribution in [0, 0.1) is 10.1 Å². The van der Waals surface area contributed by atoms with Gasteiger partial charge in [0.15, 0.2) is 5.58 Å². The van der Waals surface area contributed by atoms with Crippen LogP contribution >= 0.6 is 0 Å². The molecule has 25 heavy (non-hydrogen) atoms. The van der Waals surface area contributed by atoms with Crippen molar-refractivity contribution in [3.05, 3.63) is 87.2 Å². The molecule has 8 nitrogen and oxygen atoms in total. The van der Waals surface area contributed by atoms with E-state index in [9.17, 15) is 14.9 Å². The van der Waals surface area contributed by atoms with Crippen LogP contribution in [0.15, 0.2) is 70.1 Å². The van der Waals surface area contributed by atoms with E-state index in [-0.39, 0.29) is 12.2 Å². The summed E-state index contributed by atoms with van der Waals surface area (Å²) in [6.07, 6.45) is 3.45. The van der Waals surface area contributed by atoms with Gasteiger partial charge in [-0.1, -0.05) is 18.2 Å². The average molecular weight is 336 g/mol. The molecule has 0 bridgehead atoms. The highest BCUT2D eigenvalue weighted by Crippen LogP contribution is 2.21. The summed E-state index contributed by atoms with van der Waals surface area (Å²) in [5.74, 6) is -0.567. The summed E-state index contributed by atoms with van der Waals surface area (Å²) in [7, 11) is 0. The third-order valence-electron chi connectivity index (χ3n) is 3.86. The first kappa shape index (κ1) is 14.9. The second kappa shape index (κ2) is 5.75. The number of hydrogen-bond acceptors (Lipinski definition) is 5. The minimum absolute atomic E-state index is 0.0953. The Hall–Kier alpha value is -3.68. The molecule has 4 aromatic rings. The maximum Gasteiger partial charge on any atom is 0.420 e. The highest BCUT2D eigenvalue weighted by Gasteiger charge is 2.15. The molecule has 0 spiro atoms. The number of fused-ring (bicyclic) bond motifs is 1. The highest BCUT2D eigenvalue weighted by atomic mass is 16.6. The molecule has 2 aromatic carbocycles. The topological polar surface area (TPSA) is 96.1 Å². The second-order valence-corrected chi connectivity index (χ2v) is 5.49. The Morgan fingerprint density at radius 2 is 1.96 bits per heavy atom. The van der Waals surface area contributed by atoms with Gasteiger partial charge in [0.2, 0.25) is 0 Å². The molecule has 0 aliphatic carbocycles. The number of hydrogen-bond donors (Lipinski definition) is 0. The van der Waals surface area contributed by atoms with Gasteiger partial charge in [-0.2, -0.15) is 5.10 Å². The second-order valence-electron chi connectivity index (χ2n) is 5.49. The Kier molecular flexibility index (Phi) is 3.42. The number of para-hydroxylation sites is 1. The third kappa shape index (κ3) is 2.69. The number of aromatic nitrogens is 3. The lowest BCUT2D eigenvalue weighted by Crippen LogP contribution is -2.14. The summed E-state index contributed by atoms with van der Waals surface area (Å²) >= 11 is 0. The number of oxazole rings is 1. The Morgan fingerprint density at radius 1 is 1.16 bits per heavy atom. The lowest BCUT2D eigenvalue weighted by atomic mass is 10.2. The van der Waals surface area contributed by atoms with E-state index in [2.05, 4.69) is 5.10 Å². The van der Waals surface area contributed by atoms with E-state index in [0.717, 1.165) is 11.3 Å². The monoisotopic (exact) mass is 336 g/mol. The lowest BCUT2D eigenvalue weighted by molar-refractivity contribution is -0.384. The minimum Gasteiger partial charge on any atom is -0.408 e. The van der Waals surface area contributed by atoms with E-state index in [1.165, 1.54) is 22.8 Å². The van der Waals surface area contributed by atoms with Crippen LogP contribution in [-0.4, -0.2) is 19.3 Å². The third-order valence-corrected chi connectivity index (χ3v) is 3.86. The lowest BCUT2D eigenvalue weighted by Gasteiger charge is -2.00. The largest absolute Gasteiger partial charge is 0.420 e. The fourth-order valence-corrected chi connectivity index (χ4v) is 2.66. The van der Waals surface area contributed by atoms with Gasteiger partial charge in [-0.3, -0.25) is 14.7 Å². The minimum atomic E-state index is -0.567. The maximum absolute atomic E-state index is 12.1. The van der Waals surface area contributed by atoms with Gasteiger partial charge in [0, 0.05) is 23.9 Å². The van der Waals surface area contributed by atoms with Crippen LogP contribution in [-0.2, 0) is 6.54 Å². The first-order valence-corrected chi connectivity index (χ1v) is 7.48. The van der Waals surface area contributed by atoms with Gasteiger partial charge in [0.1, 0.15) is 0 Å². The van der Waals surface area contributed by atoms with Gasteiger partial charge in [-0.05, 0) is 18.2 Å². The van der Waals surface area contributed by atoms with E-state index >= 15 is 0 Å². The molecule has 0 fully saturated rings. The first-order valence-electron chi connectivity index (χ1n) is 7.48. The van der Waals surface area contributed by atoms with Crippen molar-refractivity contribution in [1.29, 1.82) is 0 Å². The molecule has 0 radical (unpaired) electrons. The summed E-state index contributed by atoms with van der Waals surface area (Å²) in [4.78, 5) is 22.6. The predicted molar refractivity (Wildman–Crippen MR) is 89.8 cm³/mol. The smallest absolute Gasteiger partial charge is 0.408 e. The van der Waals surface area contributed by atoms with E-state index < -0.39 is 10.7 Å². The van der Waals surface area contributed by atoms with Gasteiger partial charge < -0.3 is 4.42 Å². The molecule has 0 saturated heterocycles. The quantitative estimate of drug-likeness (QED) is 0.422. The number of nitro groups is 1. The number of nitrogens with zero attached hydrogens (tertiary/aromatic N) is 4. The van der Waals surface area contributed by atoms with E-state index in [4.69, 9.17) is 4.42 Å². The summed E-state index contributed by atoms with van der Waals surface area (Å²) in [6.45, 7) is 0.208. The van der Waals surface area contributed by atoms with Crippen LogP contribution in [0.1, 0.15) is 5.56 Å². The maximum atomic E-state index is 12.1. The van der Waals surface area contributed by atoms with Gasteiger partial charge in [-0.15, -0.1) is 0 Å². The SMILES string of the molecule is O=c1oc2ccc([N+](=O)[O-])cc2n1Cc1cnn(-c2ccccc2)c1. The Morgan fingerprint density at radius 3 is 2.72 bits per heavy atom. The summed E-state index contributed by atoms with van der Waals surface area (Å²) in [5.41, 5.74) is 2.27. The van der Waals surface area contributed by atoms with Crippen molar-refractivity contribution in [1.82, 2.24) is 14.3 Å². The molecule has 0 saturated carbocycles. The van der Waals surface area contributed by atoms with Crippen LogP contribution in [0.2, 0.25) is 0 Å². The standard InChI is InChI=1S/C17H12N4O4/c22-17-19(15-8-14(21(23)24)6-7-16(15)25-17)10-12-9-18-20(11-12)13-4-2-1-3-5-13/h1-9,11H,10H2. The molecule has 0 amide bonds. The van der Waals surface area contributed by atoms with Gasteiger partial charge >= 0.3 is 5.76 Å². The molecule has 0 N–H and O–H groups in total. The van der Waals surface area contributed by atoms with Crippen molar-refractivity contribution in [2.45, 2.75) is 6.54 Å². The van der Waals surface area contributed by atoms with Crippen LogP contribution in [0.25, 0.3) is 16.8 Å². The zero-order valence-corrected chi connectivity index (χ0v) is 12.9. The van der Waals surface area contributed by atoms with Crippen molar-refractivity contribution in [3.8, 4) is 5.69 Å². The number of non-ortho nitro benzene ring substituents is 1. The molecule has 0 aliphatic heterocycles. The zero-order valence-electron chi connectivity index (χ0n) is 12.9. The average Bonchev–Trinajstić information content (AvgIpc) is 3.21. The molecule has 0 aliphatic rings. The molecule has 124 valence electrons. The molecule has 0 unspecified atom stereocenters. The van der Waals surface area contributed by atoms with Crippen LogP contribution < -0.4 is 5.76 Å². The Balaban J connectivity index is 1.72. The van der Waals surface area contributed by atoms with Crippen LogP contribution in [0.3, 0.4) is 0 Å². The fraction of sp³-hybridized carbons (Fsp3) is 0.0588. The van der Waals surface area contributed by atoms with Crippen molar-refractivity contribution in [3.63, 3.8) is 0 Å². The van der Waals surface area contributed by atoms with Gasteiger partial charge in [-0.25, -0.2) is 9.48 Å². The molecule has 4 rings (SSSR count). The zero-order chi connectivity index (χ0) is 17.4. The summed E-state index contributed by atoms with van der Waals surface area (Å²) < 4.78 is 8.21. The van der Waals surface area contributed by atoms with Crippen molar-refractivity contribution in [2.24, 2.45) is 0 Å². The number of nitro benzene ring substituents is 1. The fourth-order valence-electron chi connectivity index (χ4n) is 2.66. The van der Waals surface area contributed by atoms with Gasteiger partial charge in [0.05, 0.1) is 28.9 Å². The van der Waals surface area contributed by atoms with E-state index in [1.54, 1.807) is 17.1 Å². The van der Waals surface area contributed by atoms with Crippen molar-refractivity contribution >= 4 is 16.8 Å². The molecule has 0 atom stereocenters. The molecule has 2 heterocycles. The molecular weight excluding hydrogens is 324 g/mol. The molecular formula is C17H12N4O4. The van der Waals surface area contributed by atoms with E-state index in [1.807, 2.05) is 30.3 Å². The van der Waals surface area contributed by atoms with Crippen molar-refractivity contribution in [2.75, 3.05) is 0 Å². The highest BCUT2D eigenvalue weighted by molar-refractivity contribution is 5.76. The van der Waals surface area contributed by atoms with Crippen LogP contribution in [0.4, 0.5) is 5.69 Å². The Labute approximate surface area is 140 Å². The van der Waals surface area contributed by atoms with Gasteiger partial charge in [0.25, 0.3) is 5.69 Å². The Bertz CT molecular complexity index is 1120. The normalized spacial score (nSPS) is 11.0. The van der Waals surface area contributed by atoms with Crippen molar-refractivity contribution < 1.29 is 9.34 Å². The number of benzene rings is 2. The summed E-state index contributed by atoms with van der Waals surface area (Å²) in [5, 5.41) is 15.2. The first-order chi connectivity index (χ1) is 12.1.